The normalized spacial score (nSPS) is 13.7. The molecule has 1 aliphatic rings. The summed E-state index contributed by atoms with van der Waals surface area (Å²) in [5.74, 6) is -0.407. The van der Waals surface area contributed by atoms with Crippen molar-refractivity contribution in [2.75, 3.05) is 23.3 Å². The van der Waals surface area contributed by atoms with Gasteiger partial charge in [0.05, 0.1) is 5.69 Å². The van der Waals surface area contributed by atoms with Crippen LogP contribution in [0.15, 0.2) is 39.4 Å². The molecule has 0 bridgehead atoms. The molecule has 4 aromatic rings. The summed E-state index contributed by atoms with van der Waals surface area (Å²) in [6.45, 7) is 5.26. The SMILES string of the molecule is Cc1cccc(-n2c(=O)c3sc(N4CCCC4)nc3n(CC(=O)Nc3nccs3)c2=O)c1C. The van der Waals surface area contributed by atoms with Gasteiger partial charge in [-0.15, -0.1) is 11.3 Å². The van der Waals surface area contributed by atoms with Crippen LogP contribution in [0.3, 0.4) is 0 Å². The van der Waals surface area contributed by atoms with Crippen molar-refractivity contribution >= 4 is 49.2 Å². The number of hydrogen-bond acceptors (Lipinski definition) is 8. The maximum Gasteiger partial charge on any atom is 0.337 e. The van der Waals surface area contributed by atoms with E-state index in [1.807, 2.05) is 26.0 Å². The molecule has 0 unspecified atom stereocenters. The van der Waals surface area contributed by atoms with Crippen LogP contribution in [-0.4, -0.2) is 38.1 Å². The van der Waals surface area contributed by atoms with E-state index in [9.17, 15) is 14.4 Å². The van der Waals surface area contributed by atoms with E-state index in [0.29, 0.717) is 20.7 Å². The first-order chi connectivity index (χ1) is 15.9. The lowest BCUT2D eigenvalue weighted by Crippen LogP contribution is -2.41. The Morgan fingerprint density at radius 2 is 1.97 bits per heavy atom. The predicted octanol–water partition coefficient (Wildman–Crippen LogP) is 2.92. The van der Waals surface area contributed by atoms with Crippen LogP contribution in [0.1, 0.15) is 24.0 Å². The van der Waals surface area contributed by atoms with Crippen molar-refractivity contribution < 1.29 is 4.79 Å². The van der Waals surface area contributed by atoms with Gasteiger partial charge >= 0.3 is 5.69 Å². The second kappa shape index (κ2) is 8.56. The molecule has 0 saturated carbocycles. The molecule has 1 N–H and O–H groups in total. The summed E-state index contributed by atoms with van der Waals surface area (Å²) in [6.07, 6.45) is 3.71. The lowest BCUT2D eigenvalue weighted by Gasteiger charge is -2.14. The van der Waals surface area contributed by atoms with Crippen LogP contribution in [0.4, 0.5) is 10.3 Å². The van der Waals surface area contributed by atoms with E-state index in [1.165, 1.54) is 27.2 Å². The Labute approximate surface area is 197 Å². The number of thiazole rings is 2. The quantitative estimate of drug-likeness (QED) is 0.469. The number of fused-ring (bicyclic) bond motifs is 1. The van der Waals surface area contributed by atoms with Crippen LogP contribution in [0.2, 0.25) is 0 Å². The molecule has 0 radical (unpaired) electrons. The van der Waals surface area contributed by atoms with Crippen LogP contribution < -0.4 is 21.5 Å². The molecule has 4 heterocycles. The maximum absolute atomic E-state index is 13.6. The third kappa shape index (κ3) is 3.87. The Morgan fingerprint density at radius 3 is 2.70 bits per heavy atom. The second-order valence-electron chi connectivity index (χ2n) is 7.96. The highest BCUT2D eigenvalue weighted by Crippen LogP contribution is 2.29. The minimum atomic E-state index is -0.589. The fraction of sp³-hybridized carbons (Fsp3) is 0.318. The van der Waals surface area contributed by atoms with Crippen molar-refractivity contribution in [1.29, 1.82) is 0 Å². The number of benzene rings is 1. The molecule has 0 aliphatic carbocycles. The van der Waals surface area contributed by atoms with Crippen molar-refractivity contribution in [3.8, 4) is 5.69 Å². The third-order valence-corrected chi connectivity index (χ3v) is 7.63. The van der Waals surface area contributed by atoms with Crippen molar-refractivity contribution in [3.05, 3.63) is 61.7 Å². The molecule has 1 aliphatic heterocycles. The highest BCUT2D eigenvalue weighted by molar-refractivity contribution is 7.22. The smallest absolute Gasteiger partial charge is 0.337 e. The number of anilines is 2. The largest absolute Gasteiger partial charge is 0.348 e. The maximum atomic E-state index is 13.6. The molecule has 3 aromatic heterocycles. The zero-order valence-electron chi connectivity index (χ0n) is 18.2. The van der Waals surface area contributed by atoms with E-state index in [4.69, 9.17) is 0 Å². The number of rotatable bonds is 5. The van der Waals surface area contributed by atoms with E-state index in [0.717, 1.165) is 41.6 Å². The lowest BCUT2D eigenvalue weighted by molar-refractivity contribution is -0.116. The fourth-order valence-electron chi connectivity index (χ4n) is 3.99. The van der Waals surface area contributed by atoms with Crippen molar-refractivity contribution in [2.45, 2.75) is 33.2 Å². The van der Waals surface area contributed by atoms with Crippen molar-refractivity contribution in [2.24, 2.45) is 0 Å². The summed E-state index contributed by atoms with van der Waals surface area (Å²) in [5, 5.41) is 5.61. The molecular weight excluding hydrogens is 460 g/mol. The Balaban J connectivity index is 1.70. The van der Waals surface area contributed by atoms with E-state index in [-0.39, 0.29) is 12.2 Å². The van der Waals surface area contributed by atoms with Gasteiger partial charge in [0.15, 0.2) is 15.9 Å². The molecule has 0 spiro atoms. The minimum absolute atomic E-state index is 0.243. The summed E-state index contributed by atoms with van der Waals surface area (Å²) in [7, 11) is 0. The monoisotopic (exact) mass is 482 g/mol. The van der Waals surface area contributed by atoms with E-state index >= 15 is 0 Å². The summed E-state index contributed by atoms with van der Waals surface area (Å²) < 4.78 is 2.81. The van der Waals surface area contributed by atoms with Crippen LogP contribution in [0.25, 0.3) is 16.0 Å². The Bertz CT molecular complexity index is 1460. The van der Waals surface area contributed by atoms with E-state index in [2.05, 4.69) is 20.2 Å². The topological polar surface area (TPSA) is 102 Å². The van der Waals surface area contributed by atoms with Crippen molar-refractivity contribution in [1.82, 2.24) is 19.1 Å². The van der Waals surface area contributed by atoms with Gasteiger partial charge in [0.1, 0.15) is 11.2 Å². The average Bonchev–Trinajstić information content (AvgIpc) is 3.55. The molecule has 11 heteroatoms. The van der Waals surface area contributed by atoms with Crippen molar-refractivity contribution in [3.63, 3.8) is 0 Å². The summed E-state index contributed by atoms with van der Waals surface area (Å²) in [6, 6.07) is 5.50. The minimum Gasteiger partial charge on any atom is -0.348 e. The molecule has 170 valence electrons. The first-order valence-electron chi connectivity index (χ1n) is 10.6. The zero-order chi connectivity index (χ0) is 23.1. The Hall–Kier alpha value is -3.31. The molecular formula is C22H22N6O3S2. The molecule has 5 rings (SSSR count). The molecule has 33 heavy (non-hydrogen) atoms. The number of nitrogens with zero attached hydrogens (tertiary/aromatic N) is 5. The van der Waals surface area contributed by atoms with Gasteiger partial charge in [-0.1, -0.05) is 23.5 Å². The van der Waals surface area contributed by atoms with E-state index in [1.54, 1.807) is 17.6 Å². The predicted molar refractivity (Wildman–Crippen MR) is 131 cm³/mol. The van der Waals surface area contributed by atoms with Gasteiger partial charge in [-0.25, -0.2) is 19.3 Å². The molecule has 1 saturated heterocycles. The zero-order valence-corrected chi connectivity index (χ0v) is 19.8. The number of amides is 1. The first kappa shape index (κ1) is 21.5. The number of nitrogens with one attached hydrogen (secondary N) is 1. The lowest BCUT2D eigenvalue weighted by atomic mass is 10.1. The van der Waals surface area contributed by atoms with E-state index < -0.39 is 17.2 Å². The standard InChI is InChI=1S/C22H22N6O3S2/c1-13-6-5-7-15(14(13)2)28-19(30)17-18(25-21(33-17)26-9-3-4-10-26)27(22(28)31)12-16(29)24-20-23-8-11-32-20/h5-8,11H,3-4,9-10,12H2,1-2H3,(H,23,24,29). The third-order valence-electron chi connectivity index (χ3n) is 5.85. The highest BCUT2D eigenvalue weighted by Gasteiger charge is 2.24. The van der Waals surface area contributed by atoms with Gasteiger partial charge in [-0.3, -0.25) is 14.2 Å². The van der Waals surface area contributed by atoms with Gasteiger partial charge in [0, 0.05) is 24.7 Å². The number of aromatic nitrogens is 4. The summed E-state index contributed by atoms with van der Waals surface area (Å²) >= 11 is 2.57. The fourth-order valence-corrected chi connectivity index (χ4v) is 5.58. The average molecular weight is 483 g/mol. The number of carbonyl (C=O) groups is 1. The van der Waals surface area contributed by atoms with Crippen LogP contribution in [0, 0.1) is 13.8 Å². The van der Waals surface area contributed by atoms with Gasteiger partial charge in [0.2, 0.25) is 5.91 Å². The van der Waals surface area contributed by atoms with Gasteiger partial charge in [0.25, 0.3) is 5.56 Å². The number of aryl methyl sites for hydroxylation is 1. The summed E-state index contributed by atoms with van der Waals surface area (Å²) in [4.78, 5) is 50.7. The Kier molecular flexibility index (Phi) is 5.59. The summed E-state index contributed by atoms with van der Waals surface area (Å²) in [5.41, 5.74) is 1.55. The molecule has 1 amide bonds. The molecule has 1 fully saturated rings. The molecule has 0 atom stereocenters. The van der Waals surface area contributed by atoms with Gasteiger partial charge in [-0.05, 0) is 43.9 Å². The van der Waals surface area contributed by atoms with Crippen LogP contribution in [0.5, 0.6) is 0 Å². The van der Waals surface area contributed by atoms with Crippen LogP contribution in [-0.2, 0) is 11.3 Å². The Morgan fingerprint density at radius 1 is 1.18 bits per heavy atom. The highest BCUT2D eigenvalue weighted by atomic mass is 32.1. The van der Waals surface area contributed by atoms with Gasteiger partial charge < -0.3 is 10.2 Å². The number of carbonyl (C=O) groups excluding carboxylic acids is 1. The van der Waals surface area contributed by atoms with Gasteiger partial charge in [-0.2, -0.15) is 0 Å². The second-order valence-corrected chi connectivity index (χ2v) is 9.83. The van der Waals surface area contributed by atoms with Crippen LogP contribution >= 0.6 is 22.7 Å². The molecule has 9 nitrogen and oxygen atoms in total. The molecule has 1 aromatic carbocycles. The first-order valence-corrected chi connectivity index (χ1v) is 12.3. The number of hydrogen-bond donors (Lipinski definition) is 1.